The molecule has 260 valence electrons. The Balaban J connectivity index is 1.07. The molecule has 4 heteroatoms. The summed E-state index contributed by atoms with van der Waals surface area (Å²) in [5.74, 6) is 1.99. The van der Waals surface area contributed by atoms with Gasteiger partial charge in [-0.2, -0.15) is 0 Å². The van der Waals surface area contributed by atoms with Crippen molar-refractivity contribution in [2.24, 2.45) is 0 Å². The zero-order valence-electron chi connectivity index (χ0n) is 30.1. The zero-order chi connectivity index (χ0) is 36.8. The molecule has 0 fully saturated rings. The molecule has 10 aromatic rings. The summed E-state index contributed by atoms with van der Waals surface area (Å²) < 4.78 is 2.50. The van der Waals surface area contributed by atoms with Gasteiger partial charge >= 0.3 is 0 Å². The summed E-state index contributed by atoms with van der Waals surface area (Å²) in [7, 11) is 0. The molecular weight excluding hydrogens is 699 g/mol. The Bertz CT molecular complexity index is 3080. The highest BCUT2D eigenvalue weighted by Gasteiger charge is 2.52. The van der Waals surface area contributed by atoms with E-state index in [0.717, 1.165) is 16.7 Å². The first-order valence-corrected chi connectivity index (χ1v) is 19.8. The van der Waals surface area contributed by atoms with Crippen LogP contribution in [-0.2, 0) is 5.41 Å². The highest BCUT2D eigenvalue weighted by Crippen LogP contribution is 2.64. The van der Waals surface area contributed by atoms with E-state index in [2.05, 4.69) is 152 Å². The molecule has 0 atom stereocenters. The van der Waals surface area contributed by atoms with Gasteiger partial charge in [-0.25, -0.2) is 15.0 Å². The molecule has 56 heavy (non-hydrogen) atoms. The maximum absolute atomic E-state index is 5.05. The Morgan fingerprint density at radius 1 is 0.321 bits per heavy atom. The number of hydrogen-bond acceptors (Lipinski definition) is 4. The van der Waals surface area contributed by atoms with E-state index < -0.39 is 5.41 Å². The van der Waals surface area contributed by atoms with Gasteiger partial charge in [0.2, 0.25) is 0 Å². The number of nitrogens with zero attached hydrogens (tertiary/aromatic N) is 3. The van der Waals surface area contributed by atoms with Gasteiger partial charge in [0.15, 0.2) is 17.5 Å². The molecule has 0 bridgehead atoms. The fraction of sp³-hybridized carbons (Fsp3) is 0.0192. The molecule has 2 aliphatic carbocycles. The van der Waals surface area contributed by atoms with E-state index in [0.29, 0.717) is 17.5 Å². The largest absolute Gasteiger partial charge is 0.208 e. The Kier molecular flexibility index (Phi) is 6.72. The van der Waals surface area contributed by atoms with E-state index >= 15 is 0 Å². The number of fused-ring (bicyclic) bond motifs is 13. The molecule has 2 aromatic heterocycles. The lowest BCUT2D eigenvalue weighted by atomic mass is 9.68. The van der Waals surface area contributed by atoms with Crippen molar-refractivity contribution >= 4 is 31.5 Å². The van der Waals surface area contributed by atoms with E-state index in [9.17, 15) is 0 Å². The predicted molar refractivity (Wildman–Crippen MR) is 231 cm³/mol. The highest BCUT2D eigenvalue weighted by molar-refractivity contribution is 7.25. The highest BCUT2D eigenvalue weighted by atomic mass is 32.1. The summed E-state index contributed by atoms with van der Waals surface area (Å²) in [4.78, 5) is 15.0. The summed E-state index contributed by atoms with van der Waals surface area (Å²) in [6, 6.07) is 68.0. The Morgan fingerprint density at radius 2 is 0.732 bits per heavy atom. The summed E-state index contributed by atoms with van der Waals surface area (Å²) >= 11 is 1.83. The molecule has 0 radical (unpaired) electrons. The van der Waals surface area contributed by atoms with E-state index in [4.69, 9.17) is 15.0 Å². The topological polar surface area (TPSA) is 38.7 Å². The third kappa shape index (κ3) is 4.42. The number of hydrogen-bond donors (Lipinski definition) is 0. The minimum atomic E-state index is -0.417. The number of thiophene rings is 1. The van der Waals surface area contributed by atoms with Crippen LogP contribution >= 0.6 is 11.3 Å². The van der Waals surface area contributed by atoms with Crippen LogP contribution in [0.1, 0.15) is 22.3 Å². The minimum absolute atomic E-state index is 0.417. The second kappa shape index (κ2) is 12.0. The molecule has 0 aliphatic heterocycles. The Morgan fingerprint density at radius 3 is 1.29 bits per heavy atom. The van der Waals surface area contributed by atoms with Crippen LogP contribution in [0.25, 0.3) is 87.7 Å². The lowest BCUT2D eigenvalue weighted by Crippen LogP contribution is -2.26. The van der Waals surface area contributed by atoms with Crippen molar-refractivity contribution in [3.05, 3.63) is 210 Å². The molecule has 0 N–H and O–H groups in total. The molecule has 1 spiro atoms. The van der Waals surface area contributed by atoms with Gasteiger partial charge in [-0.05, 0) is 86.0 Å². The summed E-state index contributed by atoms with van der Waals surface area (Å²) in [6.07, 6.45) is 0. The molecule has 0 unspecified atom stereocenters. The molecule has 8 aromatic carbocycles. The van der Waals surface area contributed by atoms with Crippen molar-refractivity contribution in [3.8, 4) is 67.5 Å². The number of aromatic nitrogens is 3. The standard InChI is InChI=1S/C52H31N3S/c1-3-14-32(15-4-1)49-53-50(33-16-5-2-6-17-33)55-51(54-49)35-27-29-47-42(31-35)41-30-34(26-28-46(41)56-47)36-21-13-22-40-39-20-9-12-25-45(39)52(48(36)40)43-23-10-7-18-37(43)38-19-8-11-24-44(38)52/h1-31H. The van der Waals surface area contributed by atoms with Crippen molar-refractivity contribution < 1.29 is 0 Å². The fourth-order valence-electron chi connectivity index (χ4n) is 9.42. The first kappa shape index (κ1) is 31.4. The second-order valence-electron chi connectivity index (χ2n) is 14.7. The SMILES string of the molecule is c1ccc(-c2nc(-c3ccccc3)nc(-c3ccc4sc5ccc(-c6cccc7c6C6(c8ccccc8-c8ccccc86)c6ccccc6-7)cc5c4c3)n2)cc1. The molecule has 0 saturated carbocycles. The van der Waals surface area contributed by atoms with Gasteiger partial charge in [0, 0.05) is 36.9 Å². The molecule has 3 nitrogen and oxygen atoms in total. The van der Waals surface area contributed by atoms with Crippen LogP contribution in [0.5, 0.6) is 0 Å². The van der Waals surface area contributed by atoms with Gasteiger partial charge in [0.1, 0.15) is 0 Å². The average Bonchev–Trinajstić information content (AvgIpc) is 3.90. The van der Waals surface area contributed by atoms with Crippen LogP contribution in [-0.4, -0.2) is 15.0 Å². The first-order valence-electron chi connectivity index (χ1n) is 19.0. The molecule has 2 aliphatic rings. The Hall–Kier alpha value is -7.01. The average molecular weight is 730 g/mol. The van der Waals surface area contributed by atoms with Crippen LogP contribution in [0, 0.1) is 0 Å². The van der Waals surface area contributed by atoms with Gasteiger partial charge in [-0.3, -0.25) is 0 Å². The maximum Gasteiger partial charge on any atom is 0.164 e. The van der Waals surface area contributed by atoms with Gasteiger partial charge in [0.25, 0.3) is 0 Å². The molecule has 0 saturated heterocycles. The van der Waals surface area contributed by atoms with Crippen LogP contribution in [0.15, 0.2) is 188 Å². The van der Waals surface area contributed by atoms with Crippen molar-refractivity contribution in [1.82, 2.24) is 15.0 Å². The van der Waals surface area contributed by atoms with Crippen LogP contribution in [0.4, 0.5) is 0 Å². The lowest BCUT2D eigenvalue weighted by Gasteiger charge is -2.32. The van der Waals surface area contributed by atoms with Crippen molar-refractivity contribution in [1.29, 1.82) is 0 Å². The maximum atomic E-state index is 5.05. The van der Waals surface area contributed by atoms with E-state index in [1.54, 1.807) is 0 Å². The van der Waals surface area contributed by atoms with Crippen LogP contribution < -0.4 is 0 Å². The van der Waals surface area contributed by atoms with E-state index in [1.165, 1.54) is 75.8 Å². The zero-order valence-corrected chi connectivity index (χ0v) is 31.0. The normalized spacial score (nSPS) is 13.1. The second-order valence-corrected chi connectivity index (χ2v) is 15.8. The molecule has 12 rings (SSSR count). The molecule has 2 heterocycles. The predicted octanol–water partition coefficient (Wildman–Crippen LogP) is 13.3. The van der Waals surface area contributed by atoms with Gasteiger partial charge < -0.3 is 0 Å². The summed E-state index contributed by atoms with van der Waals surface area (Å²) in [5, 5.41) is 2.44. The fourth-order valence-corrected chi connectivity index (χ4v) is 10.5. The van der Waals surface area contributed by atoms with Crippen LogP contribution in [0.2, 0.25) is 0 Å². The molecule has 0 amide bonds. The molecular formula is C52H31N3S. The van der Waals surface area contributed by atoms with Gasteiger partial charge in [-0.15, -0.1) is 11.3 Å². The third-order valence-electron chi connectivity index (χ3n) is 11.8. The first-order chi connectivity index (χ1) is 27.8. The minimum Gasteiger partial charge on any atom is -0.208 e. The van der Waals surface area contributed by atoms with Gasteiger partial charge in [0.05, 0.1) is 5.41 Å². The van der Waals surface area contributed by atoms with Crippen molar-refractivity contribution in [2.75, 3.05) is 0 Å². The number of rotatable bonds is 4. The number of benzene rings is 8. The summed E-state index contributed by atoms with van der Waals surface area (Å²) in [6.45, 7) is 0. The lowest BCUT2D eigenvalue weighted by molar-refractivity contribution is 0.796. The van der Waals surface area contributed by atoms with E-state index in [-0.39, 0.29) is 0 Å². The van der Waals surface area contributed by atoms with Crippen molar-refractivity contribution in [2.45, 2.75) is 5.41 Å². The monoisotopic (exact) mass is 729 g/mol. The Labute approximate surface area is 328 Å². The van der Waals surface area contributed by atoms with Crippen molar-refractivity contribution in [3.63, 3.8) is 0 Å². The summed E-state index contributed by atoms with van der Waals surface area (Å²) in [5.41, 5.74) is 15.6. The van der Waals surface area contributed by atoms with Gasteiger partial charge in [-0.1, -0.05) is 158 Å². The van der Waals surface area contributed by atoms with E-state index in [1.807, 2.05) is 47.7 Å². The smallest absolute Gasteiger partial charge is 0.164 e. The third-order valence-corrected chi connectivity index (χ3v) is 12.9. The van der Waals surface area contributed by atoms with Crippen LogP contribution in [0.3, 0.4) is 0 Å². The quantitative estimate of drug-likeness (QED) is 0.181.